The molecule has 0 N–H and O–H groups in total. The topological polar surface area (TPSA) is 37.4 Å². The maximum absolute atomic E-state index is 11.8. The molecule has 102 valence electrons. The van der Waals surface area contributed by atoms with E-state index in [4.69, 9.17) is 0 Å². The van der Waals surface area contributed by atoms with Gasteiger partial charge in [0.25, 0.3) is 0 Å². The van der Waals surface area contributed by atoms with Gasteiger partial charge in [0.1, 0.15) is 5.78 Å². The van der Waals surface area contributed by atoms with Crippen LogP contribution in [-0.2, 0) is 4.79 Å². The van der Waals surface area contributed by atoms with Crippen LogP contribution in [0.25, 0.3) is 0 Å². The van der Waals surface area contributed by atoms with Gasteiger partial charge in [-0.05, 0) is 44.0 Å². The lowest BCUT2D eigenvalue weighted by atomic mass is 9.87. The number of hydrogen-bond donors (Lipinski definition) is 0. The van der Waals surface area contributed by atoms with Crippen LogP contribution in [0.5, 0.6) is 0 Å². The first-order valence-electron chi connectivity index (χ1n) is 6.93. The molecular weight excluding hydrogens is 238 g/mol. The molecular formula is C16H21NO2. The van der Waals surface area contributed by atoms with Gasteiger partial charge in [0, 0.05) is 37.2 Å². The van der Waals surface area contributed by atoms with Crippen LogP contribution in [0, 0.1) is 5.92 Å². The first-order chi connectivity index (χ1) is 9.08. The molecule has 1 aliphatic carbocycles. The zero-order valence-corrected chi connectivity index (χ0v) is 11.7. The number of rotatable bonds is 4. The maximum atomic E-state index is 11.8. The van der Waals surface area contributed by atoms with E-state index in [1.165, 1.54) is 0 Å². The molecule has 0 bridgehead atoms. The van der Waals surface area contributed by atoms with Gasteiger partial charge in [-0.25, -0.2) is 0 Å². The highest BCUT2D eigenvalue weighted by Crippen LogP contribution is 2.23. The van der Waals surface area contributed by atoms with Crippen molar-refractivity contribution in [1.82, 2.24) is 0 Å². The monoisotopic (exact) mass is 259 g/mol. The van der Waals surface area contributed by atoms with Crippen LogP contribution in [0.4, 0.5) is 5.69 Å². The summed E-state index contributed by atoms with van der Waals surface area (Å²) < 4.78 is 0. The fraction of sp³-hybridized carbons (Fsp3) is 0.500. The third-order valence-corrected chi connectivity index (χ3v) is 3.89. The van der Waals surface area contributed by atoms with Gasteiger partial charge < -0.3 is 4.90 Å². The Balaban J connectivity index is 2.00. The molecule has 1 unspecified atom stereocenters. The van der Waals surface area contributed by atoms with Crippen LogP contribution in [0.2, 0.25) is 0 Å². The molecule has 19 heavy (non-hydrogen) atoms. The molecule has 0 heterocycles. The number of carbonyl (C=O) groups excluding carboxylic acids is 2. The summed E-state index contributed by atoms with van der Waals surface area (Å²) in [5.74, 6) is 0.654. The summed E-state index contributed by atoms with van der Waals surface area (Å²) in [5, 5.41) is 0. The van der Waals surface area contributed by atoms with E-state index >= 15 is 0 Å². The average molecular weight is 259 g/mol. The van der Waals surface area contributed by atoms with Crippen molar-refractivity contribution in [2.24, 2.45) is 5.92 Å². The summed E-state index contributed by atoms with van der Waals surface area (Å²) in [5.41, 5.74) is 1.79. The molecule has 1 atom stereocenters. The summed E-state index contributed by atoms with van der Waals surface area (Å²) in [7, 11) is 2.00. The molecule has 1 aliphatic rings. The summed E-state index contributed by atoms with van der Waals surface area (Å²) >= 11 is 0. The van der Waals surface area contributed by atoms with Crippen LogP contribution in [0.1, 0.15) is 43.0 Å². The minimum atomic E-state index is 0.0802. The van der Waals surface area contributed by atoms with E-state index in [9.17, 15) is 9.59 Å². The normalized spacial score (nSPS) is 19.3. The lowest BCUT2D eigenvalue weighted by Crippen LogP contribution is -2.32. The van der Waals surface area contributed by atoms with Gasteiger partial charge in [0.05, 0.1) is 0 Å². The van der Waals surface area contributed by atoms with Crippen molar-refractivity contribution in [2.45, 2.75) is 32.6 Å². The van der Waals surface area contributed by atoms with Crippen LogP contribution in [0.3, 0.4) is 0 Å². The predicted octanol–water partition coefficient (Wildman–Crippen LogP) is 3.08. The third-order valence-electron chi connectivity index (χ3n) is 3.89. The fourth-order valence-corrected chi connectivity index (χ4v) is 2.63. The van der Waals surface area contributed by atoms with Gasteiger partial charge in [-0.1, -0.05) is 6.42 Å². The molecule has 1 fully saturated rings. The Morgan fingerprint density at radius 2 is 1.95 bits per heavy atom. The highest BCUT2D eigenvalue weighted by molar-refractivity contribution is 5.94. The highest BCUT2D eigenvalue weighted by atomic mass is 16.1. The first kappa shape index (κ1) is 13.8. The Kier molecular flexibility index (Phi) is 4.35. The molecule has 3 nitrogen and oxygen atoms in total. The summed E-state index contributed by atoms with van der Waals surface area (Å²) in [6, 6.07) is 7.59. The molecule has 3 heteroatoms. The van der Waals surface area contributed by atoms with E-state index in [0.717, 1.165) is 43.5 Å². The standard InChI is InChI=1S/C16H21NO2/c1-12(18)13-7-9-15(10-8-13)17(2)11-14-5-3-4-6-16(14)19/h7-10,14H,3-6,11H2,1-2H3. The number of anilines is 1. The van der Waals surface area contributed by atoms with Crippen molar-refractivity contribution in [1.29, 1.82) is 0 Å². The molecule has 1 aromatic carbocycles. The van der Waals surface area contributed by atoms with Crippen molar-refractivity contribution in [2.75, 3.05) is 18.5 Å². The van der Waals surface area contributed by atoms with Gasteiger partial charge in [-0.3, -0.25) is 9.59 Å². The predicted molar refractivity (Wildman–Crippen MR) is 76.7 cm³/mol. The molecule has 0 radical (unpaired) electrons. The maximum Gasteiger partial charge on any atom is 0.159 e. The average Bonchev–Trinajstić information content (AvgIpc) is 2.41. The van der Waals surface area contributed by atoms with E-state index in [0.29, 0.717) is 5.78 Å². The van der Waals surface area contributed by atoms with Crippen LogP contribution in [-0.4, -0.2) is 25.2 Å². The van der Waals surface area contributed by atoms with Crippen LogP contribution in [0.15, 0.2) is 24.3 Å². The van der Waals surface area contributed by atoms with E-state index in [1.54, 1.807) is 6.92 Å². The minimum absolute atomic E-state index is 0.0802. The van der Waals surface area contributed by atoms with Gasteiger partial charge in [0.2, 0.25) is 0 Å². The Labute approximate surface area is 114 Å². The third kappa shape index (κ3) is 3.43. The SMILES string of the molecule is CC(=O)c1ccc(N(C)CC2CCCCC2=O)cc1. The molecule has 0 spiro atoms. The van der Waals surface area contributed by atoms with Gasteiger partial charge in [-0.2, -0.15) is 0 Å². The highest BCUT2D eigenvalue weighted by Gasteiger charge is 2.23. The van der Waals surface area contributed by atoms with Crippen molar-refractivity contribution in [3.8, 4) is 0 Å². The van der Waals surface area contributed by atoms with Gasteiger partial charge >= 0.3 is 0 Å². The Morgan fingerprint density at radius 3 is 2.53 bits per heavy atom. The quantitative estimate of drug-likeness (QED) is 0.780. The summed E-state index contributed by atoms with van der Waals surface area (Å²) in [6.07, 6.45) is 3.95. The summed E-state index contributed by atoms with van der Waals surface area (Å²) in [4.78, 5) is 25.2. The molecule has 2 rings (SSSR count). The molecule has 0 aromatic heterocycles. The zero-order valence-electron chi connectivity index (χ0n) is 11.7. The number of hydrogen-bond acceptors (Lipinski definition) is 3. The fourth-order valence-electron chi connectivity index (χ4n) is 2.63. The second-order valence-electron chi connectivity index (χ2n) is 5.39. The van der Waals surface area contributed by atoms with E-state index in [1.807, 2.05) is 31.3 Å². The van der Waals surface area contributed by atoms with Crippen molar-refractivity contribution in [3.63, 3.8) is 0 Å². The first-order valence-corrected chi connectivity index (χ1v) is 6.93. The van der Waals surface area contributed by atoms with Crippen molar-refractivity contribution in [3.05, 3.63) is 29.8 Å². The van der Waals surface area contributed by atoms with Crippen molar-refractivity contribution >= 4 is 17.3 Å². The number of ketones is 2. The minimum Gasteiger partial charge on any atom is -0.374 e. The largest absolute Gasteiger partial charge is 0.374 e. The molecule has 0 amide bonds. The molecule has 0 aliphatic heterocycles. The smallest absolute Gasteiger partial charge is 0.159 e. The number of Topliss-reactive ketones (excluding diaryl/α,β-unsaturated/α-hetero) is 2. The zero-order chi connectivity index (χ0) is 13.8. The number of nitrogens with zero attached hydrogens (tertiary/aromatic N) is 1. The lowest BCUT2D eigenvalue weighted by Gasteiger charge is -2.27. The van der Waals surface area contributed by atoms with Crippen molar-refractivity contribution < 1.29 is 9.59 Å². The second kappa shape index (κ2) is 6.00. The second-order valence-corrected chi connectivity index (χ2v) is 5.39. The van der Waals surface area contributed by atoms with Crippen LogP contribution < -0.4 is 4.90 Å². The van der Waals surface area contributed by atoms with Gasteiger partial charge in [-0.15, -0.1) is 0 Å². The van der Waals surface area contributed by atoms with Gasteiger partial charge in [0.15, 0.2) is 5.78 Å². The summed E-state index contributed by atoms with van der Waals surface area (Å²) in [6.45, 7) is 2.34. The molecule has 1 aromatic rings. The number of benzene rings is 1. The molecule has 0 saturated heterocycles. The van der Waals surface area contributed by atoms with E-state index < -0.39 is 0 Å². The number of carbonyl (C=O) groups is 2. The molecule has 1 saturated carbocycles. The Morgan fingerprint density at radius 1 is 1.26 bits per heavy atom. The Bertz CT molecular complexity index is 464. The Hall–Kier alpha value is -1.64. The van der Waals surface area contributed by atoms with E-state index in [-0.39, 0.29) is 11.7 Å². The van der Waals surface area contributed by atoms with Crippen LogP contribution >= 0.6 is 0 Å². The lowest BCUT2D eigenvalue weighted by molar-refractivity contribution is -0.124. The van der Waals surface area contributed by atoms with E-state index in [2.05, 4.69) is 4.90 Å².